The quantitative estimate of drug-likeness (QED) is 0.334. The van der Waals surface area contributed by atoms with Gasteiger partial charge in [0.25, 0.3) is 5.91 Å². The highest BCUT2D eigenvalue weighted by atomic mass is 28.4. The molecule has 5 atom stereocenters. The first kappa shape index (κ1) is 29.0. The Bertz CT molecular complexity index is 1170. The lowest BCUT2D eigenvalue weighted by molar-refractivity contribution is -0.133. The van der Waals surface area contributed by atoms with Crippen LogP contribution in [0.4, 0.5) is 9.80 Å². The third kappa shape index (κ3) is 6.28. The maximum absolute atomic E-state index is 15.8. The van der Waals surface area contributed by atoms with Crippen molar-refractivity contribution < 1.29 is 33.0 Å². The monoisotopic (exact) mass is 558 g/mol. The van der Waals surface area contributed by atoms with Crippen LogP contribution in [0.3, 0.4) is 0 Å². The smallest absolute Gasteiger partial charge is 0.255 e. The van der Waals surface area contributed by atoms with Gasteiger partial charge in [-0.25, -0.2) is 0 Å². The van der Waals surface area contributed by atoms with Gasteiger partial charge in [-0.3, -0.25) is 9.59 Å². The van der Waals surface area contributed by atoms with Crippen molar-refractivity contribution >= 4 is 25.9 Å². The Hall–Kier alpha value is -2.95. The molecule has 0 spiro atoms. The Labute approximate surface area is 230 Å². The van der Waals surface area contributed by atoms with E-state index < -0.39 is 26.2 Å². The van der Waals surface area contributed by atoms with Crippen LogP contribution in [-0.4, -0.2) is 69.7 Å². The molecule has 2 aromatic rings. The van der Waals surface area contributed by atoms with Crippen LogP contribution >= 0.6 is 0 Å². The predicted octanol–water partition coefficient (Wildman–Crippen LogP) is 4.95. The van der Waals surface area contributed by atoms with Crippen LogP contribution in [0.1, 0.15) is 48.2 Å². The number of hydrogen-bond donors (Lipinski definition) is 2. The molecule has 0 aromatic heterocycles. The molecule has 0 bridgehead atoms. The van der Waals surface area contributed by atoms with Crippen molar-refractivity contribution in [2.45, 2.75) is 63.1 Å². The van der Waals surface area contributed by atoms with E-state index in [2.05, 4.69) is 5.32 Å². The average molecular weight is 559 g/mol. The summed E-state index contributed by atoms with van der Waals surface area (Å²) in [7, 11) is -0.189. The summed E-state index contributed by atoms with van der Waals surface area (Å²) in [5, 5.41) is 12.6. The first-order valence-electron chi connectivity index (χ1n) is 13.5. The summed E-state index contributed by atoms with van der Waals surface area (Å²) < 4.78 is 33.3. The number of aliphatic hydroxyl groups is 1. The van der Waals surface area contributed by atoms with Gasteiger partial charge < -0.3 is 33.6 Å². The summed E-state index contributed by atoms with van der Waals surface area (Å²) in [4.78, 5) is 27.8. The fourth-order valence-corrected chi connectivity index (χ4v) is 7.62. The van der Waals surface area contributed by atoms with Gasteiger partial charge in [-0.2, -0.15) is 0 Å². The highest BCUT2D eigenvalue weighted by Crippen LogP contribution is 2.48. The lowest BCUT2D eigenvalue weighted by atomic mass is 9.86. The third-order valence-electron chi connectivity index (χ3n) is 8.02. The average Bonchev–Trinajstić information content (AvgIpc) is 3.40. The van der Waals surface area contributed by atoms with Gasteiger partial charge >= 0.3 is 0 Å². The van der Waals surface area contributed by atoms with E-state index in [-0.39, 0.29) is 36.8 Å². The van der Waals surface area contributed by atoms with E-state index in [9.17, 15) is 14.7 Å². The zero-order chi connectivity index (χ0) is 28.3. The number of nitrogens with one attached hydrogen (secondary N) is 1. The Morgan fingerprint density at radius 2 is 1.92 bits per heavy atom. The molecule has 2 N–H and O–H groups in total. The summed E-state index contributed by atoms with van der Waals surface area (Å²) in [6, 6.07) is 12.0. The summed E-state index contributed by atoms with van der Waals surface area (Å²) in [5.41, 5.74) is 1.24. The fraction of sp³-hybridized carbons (Fsp3) is 0.517. The Morgan fingerprint density at radius 1 is 1.21 bits per heavy atom. The molecule has 2 aromatic carbocycles. The first-order valence-corrected chi connectivity index (χ1v) is 16.4. The van der Waals surface area contributed by atoms with Crippen LogP contribution in [0, 0.1) is 5.92 Å². The number of methoxy groups -OCH3 is 2. The molecule has 2 amide bonds. The molecule has 0 aliphatic carbocycles. The lowest BCUT2D eigenvalue weighted by Crippen LogP contribution is -2.48. The van der Waals surface area contributed by atoms with E-state index in [0.717, 1.165) is 18.4 Å². The first-order chi connectivity index (χ1) is 18.6. The van der Waals surface area contributed by atoms with E-state index in [1.54, 1.807) is 68.6 Å². The Kier molecular flexibility index (Phi) is 8.98. The van der Waals surface area contributed by atoms with Crippen molar-refractivity contribution in [3.05, 3.63) is 53.6 Å². The van der Waals surface area contributed by atoms with Crippen LogP contribution in [0.15, 0.2) is 42.5 Å². The normalized spacial score (nSPS) is 23.5. The van der Waals surface area contributed by atoms with Gasteiger partial charge in [0.2, 0.25) is 14.3 Å². The number of anilines is 1. The molecule has 0 saturated carbocycles. The summed E-state index contributed by atoms with van der Waals surface area (Å²) in [5.74, 6) is 0.570. The minimum absolute atomic E-state index is 0.0308. The maximum Gasteiger partial charge on any atom is 0.255 e. The minimum atomic E-state index is -3.36. The molecule has 1 unspecified atom stereocenters. The van der Waals surface area contributed by atoms with E-state index in [1.165, 1.54) is 0 Å². The summed E-state index contributed by atoms with van der Waals surface area (Å²) >= 11 is 0. The molecular formula is C29H39FN2O6Si. The van der Waals surface area contributed by atoms with Gasteiger partial charge in [0.1, 0.15) is 17.6 Å². The number of carbonyl (C=O) groups excluding carboxylic acids is 2. The predicted molar refractivity (Wildman–Crippen MR) is 149 cm³/mol. The van der Waals surface area contributed by atoms with E-state index >= 15 is 4.11 Å². The summed E-state index contributed by atoms with van der Waals surface area (Å²) in [6.45, 7) is 5.68. The van der Waals surface area contributed by atoms with Gasteiger partial charge in [0, 0.05) is 48.3 Å². The third-order valence-corrected chi connectivity index (χ3v) is 10.3. The van der Waals surface area contributed by atoms with E-state index in [1.807, 2.05) is 13.0 Å². The van der Waals surface area contributed by atoms with Crippen molar-refractivity contribution in [2.24, 2.45) is 5.92 Å². The molecule has 1 fully saturated rings. The van der Waals surface area contributed by atoms with Crippen LogP contribution in [0.2, 0.25) is 18.6 Å². The molecule has 4 rings (SSSR count). The van der Waals surface area contributed by atoms with Gasteiger partial charge in [-0.1, -0.05) is 6.92 Å². The molecule has 2 aliphatic rings. The fourth-order valence-electron chi connectivity index (χ4n) is 5.81. The highest BCUT2D eigenvalue weighted by Gasteiger charge is 2.49. The van der Waals surface area contributed by atoms with Crippen molar-refractivity contribution in [1.29, 1.82) is 0 Å². The zero-order valence-corrected chi connectivity index (χ0v) is 24.3. The largest absolute Gasteiger partial charge is 0.497 e. The second kappa shape index (κ2) is 12.1. The summed E-state index contributed by atoms with van der Waals surface area (Å²) in [6.07, 6.45) is 0.653. The minimum Gasteiger partial charge on any atom is -0.497 e. The van der Waals surface area contributed by atoms with Crippen LogP contribution in [-0.2, 0) is 9.53 Å². The van der Waals surface area contributed by atoms with E-state index in [0.29, 0.717) is 29.3 Å². The van der Waals surface area contributed by atoms with Crippen LogP contribution < -0.4 is 14.8 Å². The SMILES string of the molecule is COc1ccc(C(=O)Nc2ccc3c(c2)[C@@H](OC)[C@H](C)[C@@H](C(CC(=O)N2CCC[C@H]2CO)[Si](C)(C)F)O3)cc1. The Balaban J connectivity index is 1.56. The van der Waals surface area contributed by atoms with E-state index in [4.69, 9.17) is 14.2 Å². The molecule has 212 valence electrons. The number of ether oxygens (including phenoxy) is 3. The van der Waals surface area contributed by atoms with Gasteiger partial charge in [-0.15, -0.1) is 0 Å². The number of aliphatic hydroxyl groups excluding tert-OH is 1. The molecule has 2 aliphatic heterocycles. The number of rotatable bonds is 9. The van der Waals surface area contributed by atoms with Crippen molar-refractivity contribution in [3.63, 3.8) is 0 Å². The number of nitrogens with zero attached hydrogens (tertiary/aromatic N) is 1. The topological polar surface area (TPSA) is 97.3 Å². The van der Waals surface area contributed by atoms with Gasteiger partial charge in [-0.05, 0) is 68.4 Å². The molecule has 0 radical (unpaired) electrons. The van der Waals surface area contributed by atoms with Crippen LogP contribution in [0.25, 0.3) is 0 Å². The maximum atomic E-state index is 15.8. The van der Waals surface area contributed by atoms with Gasteiger partial charge in [0.15, 0.2) is 0 Å². The number of carbonyl (C=O) groups is 2. The van der Waals surface area contributed by atoms with Crippen LogP contribution in [0.5, 0.6) is 11.5 Å². The molecular weight excluding hydrogens is 519 g/mol. The van der Waals surface area contributed by atoms with Crippen molar-refractivity contribution in [2.75, 3.05) is 32.7 Å². The zero-order valence-electron chi connectivity index (χ0n) is 23.3. The number of fused-ring (bicyclic) bond motifs is 1. The molecule has 39 heavy (non-hydrogen) atoms. The standard InChI is InChI=1S/C29H39FN2O6Si/c1-18-27(37-3)23-15-20(31-29(35)19-8-11-22(36-2)12-9-19)10-13-24(23)38-28(18)25(39(4,5)30)16-26(34)32-14-6-7-21(32)17-33/h8-13,15,18,21,25,27-28,33H,6-7,14,16-17H2,1-5H3,(H,31,35)/t18-,21-,25?,27-,28-/m0/s1. The second-order valence-corrected chi connectivity index (χ2v) is 14.8. The molecule has 2 heterocycles. The number of halogens is 1. The number of hydrogen-bond acceptors (Lipinski definition) is 6. The highest BCUT2D eigenvalue weighted by molar-refractivity contribution is 6.72. The number of benzene rings is 2. The van der Waals surface area contributed by atoms with Crippen molar-refractivity contribution in [1.82, 2.24) is 4.90 Å². The lowest BCUT2D eigenvalue weighted by Gasteiger charge is -2.43. The second-order valence-electron chi connectivity index (χ2n) is 11.0. The van der Waals surface area contributed by atoms with Crippen molar-refractivity contribution in [3.8, 4) is 11.5 Å². The van der Waals surface area contributed by atoms with Gasteiger partial charge in [0.05, 0.1) is 25.9 Å². The molecule has 8 nitrogen and oxygen atoms in total. The number of amides is 2. The number of likely N-dealkylation sites (tertiary alicyclic amines) is 1. The molecule has 10 heteroatoms. The Morgan fingerprint density at radius 3 is 2.54 bits per heavy atom. The molecule has 1 saturated heterocycles.